The number of hydrazone groups is 1. The molecule has 2 aromatic rings. The molecule has 0 fully saturated rings. The predicted octanol–water partition coefficient (Wildman–Crippen LogP) is 3.52. The van der Waals surface area contributed by atoms with Gasteiger partial charge < -0.3 is 0 Å². The molecular formula is C15H13BrN2O. The van der Waals surface area contributed by atoms with Crippen molar-refractivity contribution in [1.82, 2.24) is 5.43 Å². The Kier molecular flexibility index (Phi) is 4.47. The van der Waals surface area contributed by atoms with Crippen molar-refractivity contribution in [3.63, 3.8) is 0 Å². The first-order valence-corrected chi connectivity index (χ1v) is 6.60. The van der Waals surface area contributed by atoms with Gasteiger partial charge in [0.05, 0.1) is 6.21 Å². The lowest BCUT2D eigenvalue weighted by Crippen LogP contribution is -2.17. The summed E-state index contributed by atoms with van der Waals surface area (Å²) >= 11 is 3.32. The van der Waals surface area contributed by atoms with Crippen LogP contribution in [0.15, 0.2) is 58.1 Å². The molecule has 2 aromatic carbocycles. The molecule has 0 aliphatic heterocycles. The van der Waals surface area contributed by atoms with Crippen LogP contribution in [-0.4, -0.2) is 12.1 Å². The number of hydrogen-bond acceptors (Lipinski definition) is 2. The predicted molar refractivity (Wildman–Crippen MR) is 80.4 cm³/mol. The number of carbonyl (C=O) groups is 1. The summed E-state index contributed by atoms with van der Waals surface area (Å²) in [6.07, 6.45) is 1.62. The molecule has 0 radical (unpaired) electrons. The highest BCUT2D eigenvalue weighted by molar-refractivity contribution is 9.10. The van der Waals surface area contributed by atoms with Crippen molar-refractivity contribution < 1.29 is 4.79 Å². The number of carbonyl (C=O) groups excluding carboxylic acids is 1. The van der Waals surface area contributed by atoms with Gasteiger partial charge in [0.25, 0.3) is 5.91 Å². The van der Waals surface area contributed by atoms with Gasteiger partial charge in [0, 0.05) is 10.0 Å². The highest BCUT2D eigenvalue weighted by atomic mass is 79.9. The zero-order valence-corrected chi connectivity index (χ0v) is 12.0. The van der Waals surface area contributed by atoms with Crippen LogP contribution in [0.3, 0.4) is 0 Å². The smallest absolute Gasteiger partial charge is 0.267 e. The van der Waals surface area contributed by atoms with Crippen LogP contribution >= 0.6 is 15.9 Å². The van der Waals surface area contributed by atoms with E-state index in [0.29, 0.717) is 5.56 Å². The topological polar surface area (TPSA) is 41.5 Å². The van der Waals surface area contributed by atoms with Gasteiger partial charge in [-0.1, -0.05) is 45.8 Å². The van der Waals surface area contributed by atoms with E-state index in [9.17, 15) is 4.79 Å². The number of rotatable bonds is 3. The summed E-state index contributed by atoms with van der Waals surface area (Å²) in [6.45, 7) is 2.02. The molecule has 4 heteroatoms. The van der Waals surface area contributed by atoms with Crippen LogP contribution < -0.4 is 5.43 Å². The summed E-state index contributed by atoms with van der Waals surface area (Å²) in [6, 6.07) is 15.0. The van der Waals surface area contributed by atoms with Crippen molar-refractivity contribution in [3.05, 3.63) is 69.7 Å². The molecular weight excluding hydrogens is 304 g/mol. The van der Waals surface area contributed by atoms with Gasteiger partial charge in [-0.15, -0.1) is 0 Å². The zero-order chi connectivity index (χ0) is 13.7. The summed E-state index contributed by atoms with van der Waals surface area (Å²) in [7, 11) is 0. The second-order valence-corrected chi connectivity index (χ2v) is 5.03. The monoisotopic (exact) mass is 316 g/mol. The minimum atomic E-state index is -0.226. The van der Waals surface area contributed by atoms with Crippen molar-refractivity contribution >= 4 is 28.1 Å². The van der Waals surface area contributed by atoms with Crippen molar-refractivity contribution in [2.45, 2.75) is 6.92 Å². The molecule has 2 rings (SSSR count). The van der Waals surface area contributed by atoms with Crippen LogP contribution in [0.4, 0.5) is 0 Å². The first-order chi connectivity index (χ1) is 9.15. The molecule has 96 valence electrons. The van der Waals surface area contributed by atoms with Crippen LogP contribution in [-0.2, 0) is 0 Å². The third-order valence-corrected chi connectivity index (χ3v) is 3.09. The summed E-state index contributed by atoms with van der Waals surface area (Å²) in [5.74, 6) is -0.226. The first-order valence-electron chi connectivity index (χ1n) is 5.81. The van der Waals surface area contributed by atoms with E-state index in [1.54, 1.807) is 18.3 Å². The molecule has 0 bridgehead atoms. The quantitative estimate of drug-likeness (QED) is 0.683. The lowest BCUT2D eigenvalue weighted by molar-refractivity contribution is 0.0955. The third kappa shape index (κ3) is 4.03. The molecule has 19 heavy (non-hydrogen) atoms. The van der Waals surface area contributed by atoms with Gasteiger partial charge in [-0.05, 0) is 36.8 Å². The summed E-state index contributed by atoms with van der Waals surface area (Å²) < 4.78 is 0.937. The fourth-order valence-electron chi connectivity index (χ4n) is 1.48. The molecule has 3 nitrogen and oxygen atoms in total. The fourth-order valence-corrected chi connectivity index (χ4v) is 1.75. The van der Waals surface area contributed by atoms with Crippen molar-refractivity contribution in [1.29, 1.82) is 0 Å². The second kappa shape index (κ2) is 6.29. The lowest BCUT2D eigenvalue weighted by atomic mass is 10.2. The van der Waals surface area contributed by atoms with E-state index in [4.69, 9.17) is 0 Å². The third-order valence-electron chi connectivity index (χ3n) is 2.56. The molecule has 1 N–H and O–H groups in total. The highest BCUT2D eigenvalue weighted by Gasteiger charge is 2.02. The van der Waals surface area contributed by atoms with E-state index in [1.165, 1.54) is 5.56 Å². The summed E-state index contributed by atoms with van der Waals surface area (Å²) in [4.78, 5) is 11.8. The van der Waals surface area contributed by atoms with Gasteiger partial charge in [-0.2, -0.15) is 5.10 Å². The molecule has 0 saturated heterocycles. The second-order valence-electron chi connectivity index (χ2n) is 4.12. The molecule has 0 aliphatic rings. The Balaban J connectivity index is 1.96. The van der Waals surface area contributed by atoms with Crippen molar-refractivity contribution in [2.24, 2.45) is 5.10 Å². The van der Waals surface area contributed by atoms with Gasteiger partial charge in [0.15, 0.2) is 0 Å². The van der Waals surface area contributed by atoms with E-state index >= 15 is 0 Å². The van der Waals surface area contributed by atoms with Crippen LogP contribution in [0.25, 0.3) is 0 Å². The van der Waals surface area contributed by atoms with Crippen LogP contribution in [0, 0.1) is 6.92 Å². The number of hydrogen-bond donors (Lipinski definition) is 1. The number of aryl methyl sites for hydroxylation is 1. The first kappa shape index (κ1) is 13.5. The molecule has 0 aliphatic carbocycles. The molecule has 0 saturated carbocycles. The lowest BCUT2D eigenvalue weighted by Gasteiger charge is -2.00. The van der Waals surface area contributed by atoms with Crippen molar-refractivity contribution in [2.75, 3.05) is 0 Å². The Hall–Kier alpha value is -1.94. The number of amides is 1. The Morgan fingerprint density at radius 3 is 2.37 bits per heavy atom. The van der Waals surface area contributed by atoms with Gasteiger partial charge in [0.1, 0.15) is 0 Å². The Labute approximate surface area is 120 Å². The van der Waals surface area contributed by atoms with Gasteiger partial charge in [-0.3, -0.25) is 4.79 Å². The number of benzene rings is 2. The molecule has 1 amide bonds. The minimum absolute atomic E-state index is 0.226. The summed E-state index contributed by atoms with van der Waals surface area (Å²) in [5.41, 5.74) is 5.21. The Bertz CT molecular complexity index is 589. The SMILES string of the molecule is Cc1ccc(/C=N/NC(=O)c2ccc(Br)cc2)cc1. The number of nitrogens with one attached hydrogen (secondary N) is 1. The molecule has 0 unspecified atom stereocenters. The normalized spacial score (nSPS) is 10.6. The van der Waals surface area contributed by atoms with Crippen LogP contribution in [0.5, 0.6) is 0 Å². The largest absolute Gasteiger partial charge is 0.271 e. The average Bonchev–Trinajstić information content (AvgIpc) is 2.41. The van der Waals surface area contributed by atoms with Gasteiger partial charge >= 0.3 is 0 Å². The van der Waals surface area contributed by atoms with E-state index in [0.717, 1.165) is 10.0 Å². The highest BCUT2D eigenvalue weighted by Crippen LogP contribution is 2.10. The molecule has 0 spiro atoms. The average molecular weight is 317 g/mol. The number of halogens is 1. The maximum atomic E-state index is 11.8. The maximum absolute atomic E-state index is 11.8. The van der Waals surface area contributed by atoms with E-state index in [1.807, 2.05) is 43.3 Å². The Morgan fingerprint density at radius 1 is 1.11 bits per heavy atom. The van der Waals surface area contributed by atoms with E-state index in [-0.39, 0.29) is 5.91 Å². The van der Waals surface area contributed by atoms with E-state index < -0.39 is 0 Å². The van der Waals surface area contributed by atoms with Crippen molar-refractivity contribution in [3.8, 4) is 0 Å². The molecule has 0 aromatic heterocycles. The minimum Gasteiger partial charge on any atom is -0.267 e. The van der Waals surface area contributed by atoms with Gasteiger partial charge in [0.2, 0.25) is 0 Å². The zero-order valence-electron chi connectivity index (χ0n) is 10.4. The van der Waals surface area contributed by atoms with E-state index in [2.05, 4.69) is 26.5 Å². The molecule has 0 heterocycles. The fraction of sp³-hybridized carbons (Fsp3) is 0.0667. The maximum Gasteiger partial charge on any atom is 0.271 e. The van der Waals surface area contributed by atoms with Crippen LogP contribution in [0.2, 0.25) is 0 Å². The standard InChI is InChI=1S/C15H13BrN2O/c1-11-2-4-12(5-3-11)10-17-18-15(19)13-6-8-14(16)9-7-13/h2-10H,1H3,(H,18,19)/b17-10+. The van der Waals surface area contributed by atoms with Gasteiger partial charge in [-0.25, -0.2) is 5.43 Å². The van der Waals surface area contributed by atoms with Crippen LogP contribution in [0.1, 0.15) is 21.5 Å². The summed E-state index contributed by atoms with van der Waals surface area (Å²) in [5, 5.41) is 3.93. The number of nitrogens with zero attached hydrogens (tertiary/aromatic N) is 1. The Morgan fingerprint density at radius 2 is 1.74 bits per heavy atom. The molecule has 0 atom stereocenters.